The van der Waals surface area contributed by atoms with Gasteiger partial charge in [0, 0.05) is 17.1 Å². The first-order chi connectivity index (χ1) is 13.2. The summed E-state index contributed by atoms with van der Waals surface area (Å²) >= 11 is 0. The topological polar surface area (TPSA) is 3.24 Å². The van der Waals surface area contributed by atoms with Gasteiger partial charge < -0.3 is 4.90 Å². The lowest BCUT2D eigenvalue weighted by Gasteiger charge is -2.28. The maximum Gasteiger partial charge on any atom is 0.0461 e. The molecule has 1 nitrogen and oxygen atoms in total. The Hall–Kier alpha value is -3.06. The van der Waals surface area contributed by atoms with Crippen molar-refractivity contribution in [2.75, 3.05) is 4.90 Å². The average Bonchev–Trinajstić information content (AvgIpc) is 2.72. The predicted octanol–water partition coefficient (Wildman–Crippen LogP) is 7.35. The van der Waals surface area contributed by atoms with E-state index in [9.17, 15) is 0 Å². The monoisotopic (exact) mass is 353 g/mol. The fraction of sp³-hybridized carbons (Fsp3) is 0.154. The first-order valence-electron chi connectivity index (χ1n) is 9.52. The number of allylic oxidation sites excluding steroid dienone is 7. The molecule has 136 valence electrons. The van der Waals surface area contributed by atoms with Crippen LogP contribution < -0.4 is 4.90 Å². The number of rotatable bonds is 6. The molecule has 27 heavy (non-hydrogen) atoms. The van der Waals surface area contributed by atoms with Gasteiger partial charge in [0.15, 0.2) is 0 Å². The molecule has 0 aromatic heterocycles. The Balaban J connectivity index is 1.97. The van der Waals surface area contributed by atoms with Crippen molar-refractivity contribution in [1.82, 2.24) is 0 Å². The minimum atomic E-state index is 1.08. The highest BCUT2D eigenvalue weighted by Gasteiger charge is 2.14. The number of nitrogens with zero attached hydrogens (tertiary/aromatic N) is 1. The molecule has 2 aromatic rings. The van der Waals surface area contributed by atoms with Crippen molar-refractivity contribution in [3.8, 4) is 11.1 Å². The van der Waals surface area contributed by atoms with E-state index in [-0.39, 0.29) is 0 Å². The van der Waals surface area contributed by atoms with E-state index < -0.39 is 0 Å². The average molecular weight is 354 g/mol. The summed E-state index contributed by atoms with van der Waals surface area (Å²) in [5.41, 5.74) is 7.26. The summed E-state index contributed by atoms with van der Waals surface area (Å²) in [6.45, 7) is 7.99. The van der Waals surface area contributed by atoms with Crippen LogP contribution >= 0.6 is 0 Å². The summed E-state index contributed by atoms with van der Waals surface area (Å²) in [7, 11) is 0. The van der Waals surface area contributed by atoms with E-state index in [1.807, 2.05) is 12.2 Å². The van der Waals surface area contributed by atoms with Gasteiger partial charge in [-0.05, 0) is 62.1 Å². The number of benzene rings is 2. The van der Waals surface area contributed by atoms with E-state index in [0.29, 0.717) is 0 Å². The molecule has 0 spiro atoms. The van der Waals surface area contributed by atoms with Crippen molar-refractivity contribution in [2.24, 2.45) is 0 Å². The van der Waals surface area contributed by atoms with E-state index in [1.165, 1.54) is 22.4 Å². The molecule has 0 radical (unpaired) electrons. The third kappa shape index (κ3) is 4.57. The van der Waals surface area contributed by atoms with Crippen LogP contribution in [0.1, 0.15) is 25.3 Å². The highest BCUT2D eigenvalue weighted by Crippen LogP contribution is 2.30. The van der Waals surface area contributed by atoms with Crippen LogP contribution in [0.25, 0.3) is 11.1 Å². The molecule has 2 aromatic carbocycles. The summed E-state index contributed by atoms with van der Waals surface area (Å²) in [5, 5.41) is 0. The van der Waals surface area contributed by atoms with Crippen LogP contribution in [0.4, 0.5) is 5.69 Å². The van der Waals surface area contributed by atoms with Crippen molar-refractivity contribution in [2.45, 2.75) is 26.7 Å². The van der Waals surface area contributed by atoms with E-state index >= 15 is 0 Å². The quantitative estimate of drug-likeness (QED) is 0.491. The number of hydrogen-bond donors (Lipinski definition) is 0. The third-order valence-corrected chi connectivity index (χ3v) is 4.70. The van der Waals surface area contributed by atoms with Crippen molar-refractivity contribution >= 4 is 5.69 Å². The normalized spacial score (nSPS) is 14.3. The lowest BCUT2D eigenvalue weighted by atomic mass is 10.0. The van der Waals surface area contributed by atoms with E-state index in [0.717, 1.165) is 24.2 Å². The highest BCUT2D eigenvalue weighted by molar-refractivity contribution is 5.70. The summed E-state index contributed by atoms with van der Waals surface area (Å²) < 4.78 is 0. The molecule has 1 aliphatic carbocycles. The van der Waals surface area contributed by atoms with Gasteiger partial charge in [-0.3, -0.25) is 0 Å². The van der Waals surface area contributed by atoms with E-state index in [2.05, 4.69) is 104 Å². The Bertz CT molecular complexity index is 890. The predicted molar refractivity (Wildman–Crippen MR) is 119 cm³/mol. The van der Waals surface area contributed by atoms with Crippen LogP contribution in [0.5, 0.6) is 0 Å². The van der Waals surface area contributed by atoms with E-state index in [4.69, 9.17) is 0 Å². The molecule has 0 aliphatic heterocycles. The molecule has 3 rings (SSSR count). The Labute approximate surface area is 163 Å². The minimum absolute atomic E-state index is 1.08. The van der Waals surface area contributed by atoms with Gasteiger partial charge in [0.05, 0.1) is 0 Å². The molecule has 0 saturated heterocycles. The molecule has 0 N–H and O–H groups in total. The maximum absolute atomic E-state index is 3.80. The van der Waals surface area contributed by atoms with Crippen LogP contribution in [-0.4, -0.2) is 0 Å². The zero-order valence-electron chi connectivity index (χ0n) is 16.2. The first kappa shape index (κ1) is 18.7. The smallest absolute Gasteiger partial charge is 0.0461 e. The number of anilines is 1. The molecule has 0 bridgehead atoms. The van der Waals surface area contributed by atoms with Gasteiger partial charge in [0.1, 0.15) is 0 Å². The Kier molecular flexibility index (Phi) is 6.27. The van der Waals surface area contributed by atoms with E-state index in [1.54, 1.807) is 0 Å². The molecule has 0 unspecified atom stereocenters. The largest absolute Gasteiger partial charge is 0.311 e. The minimum Gasteiger partial charge on any atom is -0.311 e. The first-order valence-corrected chi connectivity index (χ1v) is 9.52. The van der Waals surface area contributed by atoms with Gasteiger partial charge >= 0.3 is 0 Å². The van der Waals surface area contributed by atoms with Gasteiger partial charge in [0.2, 0.25) is 0 Å². The molecule has 0 atom stereocenters. The van der Waals surface area contributed by atoms with Crippen LogP contribution in [0.15, 0.2) is 109 Å². The van der Waals surface area contributed by atoms with Crippen LogP contribution in [0.2, 0.25) is 0 Å². The molecular weight excluding hydrogens is 326 g/mol. The van der Waals surface area contributed by atoms with Crippen LogP contribution in [0, 0.1) is 6.92 Å². The standard InChI is InChI=1S/C26H27N/c1-4-6-10-24(5-2)27(25-11-8-7-9-12-25)26-19-17-23(18-20-26)22-15-13-21(3)14-16-22/h4-6,8,10-20H,1,7,9H2,2-3H3/b10-6-,24-5+. The zero-order chi connectivity index (χ0) is 19.1. The highest BCUT2D eigenvalue weighted by atomic mass is 15.1. The van der Waals surface area contributed by atoms with Gasteiger partial charge in [0.25, 0.3) is 0 Å². The van der Waals surface area contributed by atoms with Gasteiger partial charge in [-0.15, -0.1) is 0 Å². The Morgan fingerprint density at radius 2 is 1.63 bits per heavy atom. The maximum atomic E-state index is 3.80. The molecule has 0 saturated carbocycles. The SMILES string of the molecule is C=C/C=C\C(=C/C)N(C1=CCCC=C1)c1ccc(-c2ccc(C)cc2)cc1. The zero-order valence-corrected chi connectivity index (χ0v) is 16.2. The number of hydrogen-bond acceptors (Lipinski definition) is 1. The van der Waals surface area contributed by atoms with Crippen molar-refractivity contribution in [3.63, 3.8) is 0 Å². The van der Waals surface area contributed by atoms with Gasteiger partial charge in [-0.25, -0.2) is 0 Å². The second kappa shape index (κ2) is 9.05. The van der Waals surface area contributed by atoms with Crippen molar-refractivity contribution in [1.29, 1.82) is 0 Å². The second-order valence-corrected chi connectivity index (χ2v) is 6.67. The molecular formula is C26H27N. The summed E-state index contributed by atoms with van der Waals surface area (Å²) in [6, 6.07) is 17.5. The molecule has 0 fully saturated rings. The lowest BCUT2D eigenvalue weighted by molar-refractivity contribution is 0.986. The molecule has 0 heterocycles. The summed E-state index contributed by atoms with van der Waals surface area (Å²) in [4.78, 5) is 2.30. The third-order valence-electron chi connectivity index (χ3n) is 4.70. The molecule has 1 aliphatic rings. The molecule has 0 amide bonds. The molecule has 1 heteroatoms. The van der Waals surface area contributed by atoms with Crippen molar-refractivity contribution in [3.05, 3.63) is 115 Å². The Morgan fingerprint density at radius 3 is 2.19 bits per heavy atom. The fourth-order valence-corrected chi connectivity index (χ4v) is 3.23. The lowest BCUT2D eigenvalue weighted by Crippen LogP contribution is -2.20. The second-order valence-electron chi connectivity index (χ2n) is 6.67. The number of aryl methyl sites for hydroxylation is 1. The summed E-state index contributed by atoms with van der Waals surface area (Å²) in [6.07, 6.45) is 17.0. The summed E-state index contributed by atoms with van der Waals surface area (Å²) in [5.74, 6) is 0. The fourth-order valence-electron chi connectivity index (χ4n) is 3.23. The Morgan fingerprint density at radius 1 is 0.963 bits per heavy atom. The van der Waals surface area contributed by atoms with Gasteiger partial charge in [-0.1, -0.05) is 78.9 Å². The van der Waals surface area contributed by atoms with Gasteiger partial charge in [-0.2, -0.15) is 0 Å². The van der Waals surface area contributed by atoms with Crippen molar-refractivity contribution < 1.29 is 0 Å². The van der Waals surface area contributed by atoms with Crippen LogP contribution in [0.3, 0.4) is 0 Å². The van der Waals surface area contributed by atoms with Crippen LogP contribution in [-0.2, 0) is 0 Å².